The topological polar surface area (TPSA) is 49.8 Å². The Kier molecular flexibility index (Phi) is 3.91. The van der Waals surface area contributed by atoms with Crippen LogP contribution in [0, 0.1) is 0 Å². The minimum atomic E-state index is 0.755. The molecule has 0 aliphatic heterocycles. The third-order valence-corrected chi connectivity index (χ3v) is 2.33. The highest BCUT2D eigenvalue weighted by atomic mass is 15.1. The molecular weight excluding hydrogens is 212 g/mol. The van der Waals surface area contributed by atoms with Crippen molar-refractivity contribution < 1.29 is 0 Å². The van der Waals surface area contributed by atoms with E-state index in [-0.39, 0.29) is 0 Å². The zero-order valence-electron chi connectivity index (χ0n) is 9.85. The molecule has 4 nitrogen and oxygen atoms in total. The molecule has 0 aliphatic carbocycles. The van der Waals surface area contributed by atoms with Gasteiger partial charge in [0.2, 0.25) is 0 Å². The number of hydrogen-bond acceptors (Lipinski definition) is 4. The molecule has 2 aromatic heterocycles. The monoisotopic (exact) mass is 228 g/mol. The minimum absolute atomic E-state index is 0.755. The Hall–Kier alpha value is -2.10. The second-order valence-corrected chi connectivity index (χ2v) is 3.65. The molecular formula is C13H16N4. The molecule has 2 aromatic rings. The molecule has 0 fully saturated rings. The molecule has 0 aromatic carbocycles. The summed E-state index contributed by atoms with van der Waals surface area (Å²) in [6.07, 6.45) is 3.58. The van der Waals surface area contributed by atoms with Crippen LogP contribution in [-0.4, -0.2) is 16.5 Å². The van der Waals surface area contributed by atoms with Gasteiger partial charge in [0.25, 0.3) is 0 Å². The lowest BCUT2D eigenvalue weighted by atomic mass is 10.3. The fourth-order valence-corrected chi connectivity index (χ4v) is 1.51. The Balaban J connectivity index is 1.97. The SMILES string of the molecule is CCNc1cccc(NCc2ccncc2)n1. The predicted octanol–water partition coefficient (Wildman–Crippen LogP) is 2.52. The van der Waals surface area contributed by atoms with Gasteiger partial charge in [-0.1, -0.05) is 6.07 Å². The maximum atomic E-state index is 4.44. The van der Waals surface area contributed by atoms with E-state index in [1.54, 1.807) is 12.4 Å². The van der Waals surface area contributed by atoms with Gasteiger partial charge < -0.3 is 10.6 Å². The maximum absolute atomic E-state index is 4.44. The van der Waals surface area contributed by atoms with E-state index in [1.807, 2.05) is 30.3 Å². The van der Waals surface area contributed by atoms with Crippen LogP contribution in [0.2, 0.25) is 0 Å². The minimum Gasteiger partial charge on any atom is -0.370 e. The molecule has 2 N–H and O–H groups in total. The van der Waals surface area contributed by atoms with E-state index in [1.165, 1.54) is 5.56 Å². The van der Waals surface area contributed by atoms with Gasteiger partial charge in [-0.15, -0.1) is 0 Å². The van der Waals surface area contributed by atoms with E-state index in [4.69, 9.17) is 0 Å². The Bertz CT molecular complexity index is 456. The average molecular weight is 228 g/mol. The largest absolute Gasteiger partial charge is 0.370 e. The summed E-state index contributed by atoms with van der Waals surface area (Å²) in [5.41, 5.74) is 1.19. The van der Waals surface area contributed by atoms with Crippen LogP contribution in [0.1, 0.15) is 12.5 Å². The summed E-state index contributed by atoms with van der Waals surface area (Å²) in [4.78, 5) is 8.43. The van der Waals surface area contributed by atoms with Crippen LogP contribution < -0.4 is 10.6 Å². The van der Waals surface area contributed by atoms with Gasteiger partial charge in [0.15, 0.2) is 0 Å². The molecule has 0 bridgehead atoms. The second-order valence-electron chi connectivity index (χ2n) is 3.65. The molecule has 0 saturated heterocycles. The van der Waals surface area contributed by atoms with E-state index in [0.29, 0.717) is 0 Å². The van der Waals surface area contributed by atoms with E-state index < -0.39 is 0 Å². The first-order valence-electron chi connectivity index (χ1n) is 5.72. The van der Waals surface area contributed by atoms with Crippen molar-refractivity contribution in [1.82, 2.24) is 9.97 Å². The molecule has 0 unspecified atom stereocenters. The summed E-state index contributed by atoms with van der Waals surface area (Å²) in [5, 5.41) is 6.47. The van der Waals surface area contributed by atoms with Crippen LogP contribution in [0.5, 0.6) is 0 Å². The van der Waals surface area contributed by atoms with Gasteiger partial charge in [-0.3, -0.25) is 4.98 Å². The Morgan fingerprint density at radius 2 is 1.71 bits per heavy atom. The standard InChI is InChI=1S/C13H16N4/c1-2-15-12-4-3-5-13(17-12)16-10-11-6-8-14-9-7-11/h3-9H,2,10H2,1H3,(H2,15,16,17). The number of anilines is 2. The quantitative estimate of drug-likeness (QED) is 0.825. The van der Waals surface area contributed by atoms with Crippen molar-refractivity contribution in [2.45, 2.75) is 13.5 Å². The van der Waals surface area contributed by atoms with E-state index >= 15 is 0 Å². The number of aromatic nitrogens is 2. The molecule has 2 heterocycles. The Morgan fingerprint density at radius 3 is 2.41 bits per heavy atom. The highest BCUT2D eigenvalue weighted by Crippen LogP contribution is 2.10. The van der Waals surface area contributed by atoms with Gasteiger partial charge in [-0.2, -0.15) is 0 Å². The van der Waals surface area contributed by atoms with Crippen LogP contribution in [0.25, 0.3) is 0 Å². The van der Waals surface area contributed by atoms with Crippen molar-refractivity contribution in [3.05, 3.63) is 48.3 Å². The molecule has 0 atom stereocenters. The Labute approximate surface area is 101 Å². The molecule has 0 radical (unpaired) electrons. The predicted molar refractivity (Wildman–Crippen MR) is 70.0 cm³/mol. The van der Waals surface area contributed by atoms with Crippen LogP contribution >= 0.6 is 0 Å². The summed E-state index contributed by atoms with van der Waals surface area (Å²) in [5.74, 6) is 1.77. The molecule has 88 valence electrons. The lowest BCUT2D eigenvalue weighted by Gasteiger charge is -2.07. The van der Waals surface area contributed by atoms with Crippen LogP contribution in [0.15, 0.2) is 42.7 Å². The number of hydrogen-bond donors (Lipinski definition) is 2. The van der Waals surface area contributed by atoms with Crippen molar-refractivity contribution in [2.75, 3.05) is 17.2 Å². The van der Waals surface area contributed by atoms with Crippen molar-refractivity contribution in [2.24, 2.45) is 0 Å². The third-order valence-electron chi connectivity index (χ3n) is 2.33. The lowest BCUT2D eigenvalue weighted by Crippen LogP contribution is -2.04. The van der Waals surface area contributed by atoms with Crippen LogP contribution in [0.3, 0.4) is 0 Å². The van der Waals surface area contributed by atoms with Crippen LogP contribution in [0.4, 0.5) is 11.6 Å². The van der Waals surface area contributed by atoms with Crippen molar-refractivity contribution in [1.29, 1.82) is 0 Å². The zero-order valence-corrected chi connectivity index (χ0v) is 9.85. The number of rotatable bonds is 5. The highest BCUT2D eigenvalue weighted by molar-refractivity contribution is 5.45. The molecule has 17 heavy (non-hydrogen) atoms. The fourth-order valence-electron chi connectivity index (χ4n) is 1.51. The first-order valence-corrected chi connectivity index (χ1v) is 5.72. The van der Waals surface area contributed by atoms with Gasteiger partial charge in [-0.25, -0.2) is 4.98 Å². The molecule has 0 spiro atoms. The molecule has 2 rings (SSSR count). The normalized spacial score (nSPS) is 9.94. The highest BCUT2D eigenvalue weighted by Gasteiger charge is 1.96. The van der Waals surface area contributed by atoms with Gasteiger partial charge in [0.05, 0.1) is 0 Å². The van der Waals surface area contributed by atoms with Crippen molar-refractivity contribution >= 4 is 11.6 Å². The molecule has 0 aliphatic rings. The van der Waals surface area contributed by atoms with E-state index in [0.717, 1.165) is 24.7 Å². The van der Waals surface area contributed by atoms with E-state index in [9.17, 15) is 0 Å². The molecule has 0 amide bonds. The number of nitrogens with zero attached hydrogens (tertiary/aromatic N) is 2. The second kappa shape index (κ2) is 5.84. The van der Waals surface area contributed by atoms with Crippen LogP contribution in [-0.2, 0) is 6.54 Å². The third kappa shape index (κ3) is 3.45. The first kappa shape index (κ1) is 11.4. The Morgan fingerprint density at radius 1 is 1.00 bits per heavy atom. The number of pyridine rings is 2. The molecule has 4 heteroatoms. The first-order chi connectivity index (χ1) is 8.38. The van der Waals surface area contributed by atoms with Gasteiger partial charge in [0.1, 0.15) is 11.6 Å². The lowest BCUT2D eigenvalue weighted by molar-refractivity contribution is 1.09. The summed E-state index contributed by atoms with van der Waals surface area (Å²) in [7, 11) is 0. The molecule has 0 saturated carbocycles. The van der Waals surface area contributed by atoms with E-state index in [2.05, 4.69) is 27.5 Å². The summed E-state index contributed by atoms with van der Waals surface area (Å²) in [6, 6.07) is 9.88. The van der Waals surface area contributed by atoms with Gasteiger partial charge in [0, 0.05) is 25.5 Å². The smallest absolute Gasteiger partial charge is 0.128 e. The van der Waals surface area contributed by atoms with Crippen molar-refractivity contribution in [3.8, 4) is 0 Å². The zero-order chi connectivity index (χ0) is 11.9. The fraction of sp³-hybridized carbons (Fsp3) is 0.231. The number of nitrogens with one attached hydrogen (secondary N) is 2. The van der Waals surface area contributed by atoms with Gasteiger partial charge in [-0.05, 0) is 36.8 Å². The summed E-state index contributed by atoms with van der Waals surface area (Å²) < 4.78 is 0. The van der Waals surface area contributed by atoms with Crippen molar-refractivity contribution in [3.63, 3.8) is 0 Å². The maximum Gasteiger partial charge on any atom is 0.128 e. The average Bonchev–Trinajstić information content (AvgIpc) is 2.39. The van der Waals surface area contributed by atoms with Gasteiger partial charge >= 0.3 is 0 Å². The summed E-state index contributed by atoms with van der Waals surface area (Å²) >= 11 is 0. The summed E-state index contributed by atoms with van der Waals surface area (Å²) in [6.45, 7) is 3.69.